The second kappa shape index (κ2) is 9.75. The van der Waals surface area contributed by atoms with Crippen LogP contribution in [0.4, 0.5) is 0 Å². The molecule has 0 bridgehead atoms. The van der Waals surface area contributed by atoms with E-state index < -0.39 is 17.9 Å². The number of nitrogens with zero attached hydrogens (tertiary/aromatic N) is 3. The van der Waals surface area contributed by atoms with Crippen LogP contribution in [0.2, 0.25) is 0 Å². The van der Waals surface area contributed by atoms with Gasteiger partial charge in [0.25, 0.3) is 0 Å². The maximum atomic E-state index is 12.9. The van der Waals surface area contributed by atoms with Crippen molar-refractivity contribution in [3.05, 3.63) is 71.8 Å². The molecular formula is C24H28N4O3. The predicted octanol–water partition coefficient (Wildman–Crippen LogP) is 2.21. The minimum absolute atomic E-state index is 0.226. The van der Waals surface area contributed by atoms with Gasteiger partial charge >= 0.3 is 5.97 Å². The van der Waals surface area contributed by atoms with E-state index in [1.807, 2.05) is 36.4 Å². The molecule has 1 fully saturated rings. The molecular weight excluding hydrogens is 392 g/mol. The molecule has 162 valence electrons. The molecule has 7 heteroatoms. The average Bonchev–Trinajstić information content (AvgIpc) is 2.80. The Labute approximate surface area is 182 Å². The fraction of sp³-hybridized carbons (Fsp3) is 0.375. The highest BCUT2D eigenvalue weighted by atomic mass is 16.5. The molecule has 0 radical (unpaired) electrons. The van der Waals surface area contributed by atoms with Gasteiger partial charge in [0, 0.05) is 32.7 Å². The van der Waals surface area contributed by atoms with Crippen LogP contribution in [0.1, 0.15) is 24.1 Å². The Bertz CT molecular complexity index is 924. The van der Waals surface area contributed by atoms with Crippen molar-refractivity contribution < 1.29 is 14.3 Å². The van der Waals surface area contributed by atoms with Gasteiger partial charge in [-0.15, -0.1) is 0 Å². The topological polar surface area (TPSA) is 74.2 Å². The summed E-state index contributed by atoms with van der Waals surface area (Å²) in [5, 5.41) is 2.86. The molecule has 1 N–H and O–H groups in total. The van der Waals surface area contributed by atoms with Gasteiger partial charge in [0.15, 0.2) is 5.92 Å². The van der Waals surface area contributed by atoms with Crippen molar-refractivity contribution in [1.29, 1.82) is 0 Å². The summed E-state index contributed by atoms with van der Waals surface area (Å²) >= 11 is 0. The van der Waals surface area contributed by atoms with Crippen LogP contribution >= 0.6 is 0 Å². The van der Waals surface area contributed by atoms with E-state index in [1.54, 1.807) is 6.92 Å². The Balaban J connectivity index is 1.49. The molecule has 2 aliphatic heterocycles. The lowest BCUT2D eigenvalue weighted by Gasteiger charge is -2.39. The van der Waals surface area contributed by atoms with Crippen molar-refractivity contribution >= 4 is 17.8 Å². The Morgan fingerprint density at radius 1 is 1.03 bits per heavy atom. The molecule has 7 nitrogen and oxygen atoms in total. The first-order chi connectivity index (χ1) is 15.2. The number of esters is 1. The van der Waals surface area contributed by atoms with Crippen molar-refractivity contribution in [1.82, 2.24) is 15.1 Å². The summed E-state index contributed by atoms with van der Waals surface area (Å²) in [5.41, 5.74) is 2.12. The van der Waals surface area contributed by atoms with Crippen molar-refractivity contribution in [2.24, 2.45) is 10.9 Å². The average molecular weight is 421 g/mol. The lowest BCUT2D eigenvalue weighted by atomic mass is 9.91. The van der Waals surface area contributed by atoms with Crippen LogP contribution in [0.15, 0.2) is 65.7 Å². The number of ether oxygens (including phenoxy) is 1. The summed E-state index contributed by atoms with van der Waals surface area (Å²) in [6.07, 6.45) is 0. The number of carbonyl (C=O) groups excluding carboxylic acids is 2. The summed E-state index contributed by atoms with van der Waals surface area (Å²) in [5.74, 6) is -1.34. The van der Waals surface area contributed by atoms with E-state index >= 15 is 0 Å². The third-order valence-electron chi connectivity index (χ3n) is 5.70. The van der Waals surface area contributed by atoms with E-state index in [1.165, 1.54) is 5.56 Å². The van der Waals surface area contributed by atoms with Crippen LogP contribution in [0.3, 0.4) is 0 Å². The Hall–Kier alpha value is -3.19. The van der Waals surface area contributed by atoms with E-state index in [-0.39, 0.29) is 12.5 Å². The number of rotatable bonds is 5. The van der Waals surface area contributed by atoms with Gasteiger partial charge < -0.3 is 9.64 Å². The van der Waals surface area contributed by atoms with Gasteiger partial charge in [-0.1, -0.05) is 60.7 Å². The standard InChI is InChI=1S/C24H28N4O3/c1-2-31-23(30)20-21(19-11-7-4-8-12-19)25-24(26-22(20)29)28-15-13-27(14-16-28)17-18-9-5-3-6-10-18/h3-12,20-21H,2,13-17H2,1H3,(H,25,26,29)/t20-,21+/m1/s1. The molecule has 2 atom stereocenters. The Morgan fingerprint density at radius 2 is 1.68 bits per heavy atom. The first kappa shape index (κ1) is 21.1. The second-order valence-electron chi connectivity index (χ2n) is 7.78. The number of nitrogens with one attached hydrogen (secondary N) is 1. The van der Waals surface area contributed by atoms with Crippen LogP contribution in [-0.2, 0) is 20.9 Å². The quantitative estimate of drug-likeness (QED) is 0.593. The van der Waals surface area contributed by atoms with Gasteiger partial charge in [0.05, 0.1) is 6.61 Å². The monoisotopic (exact) mass is 420 g/mol. The van der Waals surface area contributed by atoms with E-state index in [9.17, 15) is 9.59 Å². The van der Waals surface area contributed by atoms with Crippen molar-refractivity contribution in [3.63, 3.8) is 0 Å². The summed E-state index contributed by atoms with van der Waals surface area (Å²) in [4.78, 5) is 34.7. The molecule has 0 saturated carbocycles. The van der Waals surface area contributed by atoms with E-state index in [4.69, 9.17) is 9.73 Å². The molecule has 4 rings (SSSR count). The molecule has 1 amide bonds. The number of carbonyl (C=O) groups is 2. The van der Waals surface area contributed by atoms with Crippen LogP contribution in [0, 0.1) is 5.92 Å². The van der Waals surface area contributed by atoms with Gasteiger partial charge in [-0.25, -0.2) is 4.99 Å². The van der Waals surface area contributed by atoms with E-state index in [0.29, 0.717) is 5.96 Å². The normalized spacial score (nSPS) is 21.9. The molecule has 2 aromatic carbocycles. The number of aliphatic imine (C=N–C) groups is 1. The lowest BCUT2D eigenvalue weighted by Crippen LogP contribution is -2.57. The molecule has 0 aromatic heterocycles. The third kappa shape index (κ3) is 4.94. The van der Waals surface area contributed by atoms with Crippen LogP contribution in [-0.4, -0.2) is 60.4 Å². The molecule has 31 heavy (non-hydrogen) atoms. The van der Waals surface area contributed by atoms with Crippen LogP contribution in [0.25, 0.3) is 0 Å². The molecule has 0 aliphatic carbocycles. The van der Waals surface area contributed by atoms with Gasteiger partial charge in [-0.2, -0.15) is 0 Å². The van der Waals surface area contributed by atoms with Crippen molar-refractivity contribution in [2.75, 3.05) is 32.8 Å². The first-order valence-corrected chi connectivity index (χ1v) is 10.8. The number of benzene rings is 2. The second-order valence-corrected chi connectivity index (χ2v) is 7.78. The minimum Gasteiger partial charge on any atom is -0.465 e. The molecule has 2 heterocycles. The molecule has 1 saturated heterocycles. The molecule has 0 spiro atoms. The van der Waals surface area contributed by atoms with Gasteiger partial charge in [-0.05, 0) is 18.1 Å². The van der Waals surface area contributed by atoms with Gasteiger partial charge in [-0.3, -0.25) is 19.8 Å². The highest BCUT2D eigenvalue weighted by molar-refractivity contribution is 6.08. The predicted molar refractivity (Wildman–Crippen MR) is 118 cm³/mol. The fourth-order valence-corrected chi connectivity index (χ4v) is 4.08. The van der Waals surface area contributed by atoms with Crippen LogP contribution in [0.5, 0.6) is 0 Å². The highest BCUT2D eigenvalue weighted by Gasteiger charge is 2.42. The van der Waals surface area contributed by atoms with E-state index in [0.717, 1.165) is 38.3 Å². The largest absolute Gasteiger partial charge is 0.465 e. The van der Waals surface area contributed by atoms with Crippen LogP contribution < -0.4 is 5.32 Å². The van der Waals surface area contributed by atoms with Gasteiger partial charge in [0.1, 0.15) is 6.04 Å². The zero-order valence-electron chi connectivity index (χ0n) is 17.7. The van der Waals surface area contributed by atoms with Crippen molar-refractivity contribution in [2.45, 2.75) is 19.5 Å². The Morgan fingerprint density at radius 3 is 2.32 bits per heavy atom. The van der Waals surface area contributed by atoms with Gasteiger partial charge in [0.2, 0.25) is 11.9 Å². The number of piperazine rings is 1. The SMILES string of the molecule is CCOC(=O)[C@H]1C(=O)NC(N2CCN(Cc3ccccc3)CC2)=N[C@H]1c1ccccc1. The number of amides is 1. The fourth-order valence-electron chi connectivity index (χ4n) is 4.08. The maximum absolute atomic E-state index is 12.9. The zero-order valence-corrected chi connectivity index (χ0v) is 17.7. The molecule has 2 aromatic rings. The summed E-state index contributed by atoms with van der Waals surface area (Å²) in [6.45, 7) is 6.15. The summed E-state index contributed by atoms with van der Waals surface area (Å²) < 4.78 is 5.17. The number of hydrogen-bond acceptors (Lipinski definition) is 6. The third-order valence-corrected chi connectivity index (χ3v) is 5.70. The lowest BCUT2D eigenvalue weighted by molar-refractivity contribution is -0.153. The highest BCUT2D eigenvalue weighted by Crippen LogP contribution is 2.30. The molecule has 0 unspecified atom stereocenters. The summed E-state index contributed by atoms with van der Waals surface area (Å²) in [7, 11) is 0. The number of hydrogen-bond donors (Lipinski definition) is 1. The van der Waals surface area contributed by atoms with Crippen molar-refractivity contribution in [3.8, 4) is 0 Å². The van der Waals surface area contributed by atoms with E-state index in [2.05, 4.69) is 39.4 Å². The maximum Gasteiger partial charge on any atom is 0.321 e. The minimum atomic E-state index is -0.981. The summed E-state index contributed by atoms with van der Waals surface area (Å²) in [6, 6.07) is 19.3. The first-order valence-electron chi connectivity index (χ1n) is 10.8. The smallest absolute Gasteiger partial charge is 0.321 e. The zero-order chi connectivity index (χ0) is 21.6. The number of guanidine groups is 1. The molecule has 2 aliphatic rings. The Kier molecular flexibility index (Phi) is 6.62.